The van der Waals surface area contributed by atoms with Gasteiger partial charge in [-0.25, -0.2) is 4.39 Å². The normalized spacial score (nSPS) is 21.6. The molecule has 1 atom stereocenters. The Labute approximate surface area is 107 Å². The van der Waals surface area contributed by atoms with Crippen LogP contribution in [0.5, 0.6) is 0 Å². The third-order valence-electron chi connectivity index (χ3n) is 2.94. The van der Waals surface area contributed by atoms with Crippen LogP contribution in [0.25, 0.3) is 0 Å². The molecule has 0 amide bonds. The lowest BCUT2D eigenvalue weighted by Crippen LogP contribution is -2.49. The van der Waals surface area contributed by atoms with Crippen molar-refractivity contribution in [2.45, 2.75) is 17.9 Å². The molecule has 0 saturated carbocycles. The van der Waals surface area contributed by atoms with Crippen LogP contribution in [0, 0.1) is 5.82 Å². The van der Waals surface area contributed by atoms with Crippen LogP contribution in [0.4, 0.5) is 4.39 Å². The van der Waals surface area contributed by atoms with Crippen molar-refractivity contribution in [1.29, 1.82) is 0 Å². The highest BCUT2D eigenvalue weighted by molar-refractivity contribution is 7.99. The van der Waals surface area contributed by atoms with Gasteiger partial charge < -0.3 is 5.32 Å². The molecule has 1 aromatic rings. The van der Waals surface area contributed by atoms with Gasteiger partial charge in [-0.15, -0.1) is 11.8 Å². The topological polar surface area (TPSA) is 15.3 Å². The number of hydrogen-bond donors (Lipinski definition) is 1. The fraction of sp³-hybridized carbons (Fsp3) is 0.538. The maximum Gasteiger partial charge on any atom is 0.123 e. The van der Waals surface area contributed by atoms with Crippen molar-refractivity contribution in [3.63, 3.8) is 0 Å². The highest BCUT2D eigenvalue weighted by atomic mass is 32.2. The van der Waals surface area contributed by atoms with Crippen molar-refractivity contribution < 1.29 is 4.39 Å². The first-order chi connectivity index (χ1) is 8.24. The van der Waals surface area contributed by atoms with Gasteiger partial charge in [0.15, 0.2) is 0 Å². The van der Waals surface area contributed by atoms with Crippen molar-refractivity contribution in [3.05, 3.63) is 30.1 Å². The fourth-order valence-corrected chi connectivity index (χ4v) is 2.95. The predicted molar refractivity (Wildman–Crippen MR) is 71.0 cm³/mol. The summed E-state index contributed by atoms with van der Waals surface area (Å²) in [5, 5.41) is 3.44. The Kier molecular flexibility index (Phi) is 4.83. The highest BCUT2D eigenvalue weighted by Crippen LogP contribution is 2.18. The van der Waals surface area contributed by atoms with Crippen LogP contribution < -0.4 is 5.32 Å². The van der Waals surface area contributed by atoms with Crippen LogP contribution in [0.15, 0.2) is 29.2 Å². The number of halogens is 1. The summed E-state index contributed by atoms with van der Waals surface area (Å²) in [6.45, 7) is 6.67. The molecule has 1 fully saturated rings. The summed E-state index contributed by atoms with van der Waals surface area (Å²) in [5.74, 6) is 0.906. The molecule has 1 heterocycles. The Hall–Kier alpha value is -0.580. The van der Waals surface area contributed by atoms with E-state index in [1.165, 1.54) is 12.1 Å². The van der Waals surface area contributed by atoms with Crippen molar-refractivity contribution in [1.82, 2.24) is 10.2 Å². The van der Waals surface area contributed by atoms with Crippen molar-refractivity contribution in [2.24, 2.45) is 0 Å². The van der Waals surface area contributed by atoms with Gasteiger partial charge in [0, 0.05) is 42.9 Å². The van der Waals surface area contributed by atoms with Crippen LogP contribution >= 0.6 is 11.8 Å². The summed E-state index contributed by atoms with van der Waals surface area (Å²) in [4.78, 5) is 3.63. The zero-order valence-corrected chi connectivity index (χ0v) is 11.0. The summed E-state index contributed by atoms with van der Waals surface area (Å²) in [7, 11) is 0. The average molecular weight is 254 g/mol. The molecule has 1 aliphatic rings. The Morgan fingerprint density at radius 1 is 1.41 bits per heavy atom. The Balaban J connectivity index is 1.70. The highest BCUT2D eigenvalue weighted by Gasteiger charge is 2.14. The summed E-state index contributed by atoms with van der Waals surface area (Å²) >= 11 is 1.80. The van der Waals surface area contributed by atoms with E-state index >= 15 is 0 Å². The molecule has 1 saturated heterocycles. The van der Waals surface area contributed by atoms with Crippen LogP contribution in [0.2, 0.25) is 0 Å². The summed E-state index contributed by atoms with van der Waals surface area (Å²) in [6.07, 6.45) is 0. The SMILES string of the molecule is C[C@@H]1CN(CCSc2ccc(F)cc2)CCN1. The molecule has 0 aliphatic carbocycles. The van der Waals surface area contributed by atoms with E-state index in [2.05, 4.69) is 17.1 Å². The van der Waals surface area contributed by atoms with Gasteiger partial charge in [0.2, 0.25) is 0 Å². The largest absolute Gasteiger partial charge is 0.312 e. The van der Waals surface area contributed by atoms with Gasteiger partial charge >= 0.3 is 0 Å². The first kappa shape index (κ1) is 12.9. The summed E-state index contributed by atoms with van der Waals surface area (Å²) in [5.41, 5.74) is 0. The number of hydrogen-bond acceptors (Lipinski definition) is 3. The lowest BCUT2D eigenvalue weighted by Gasteiger charge is -2.31. The number of benzene rings is 1. The molecular formula is C13H19FN2S. The third-order valence-corrected chi connectivity index (χ3v) is 3.93. The van der Waals surface area contributed by atoms with E-state index in [1.54, 1.807) is 11.8 Å². The van der Waals surface area contributed by atoms with Crippen LogP contribution in [-0.2, 0) is 0 Å². The molecule has 0 unspecified atom stereocenters. The maximum absolute atomic E-state index is 12.7. The molecule has 0 bridgehead atoms. The molecule has 2 rings (SSSR count). The molecule has 4 heteroatoms. The quantitative estimate of drug-likeness (QED) is 0.829. The minimum absolute atomic E-state index is 0.162. The van der Waals surface area contributed by atoms with Gasteiger partial charge in [0.05, 0.1) is 0 Å². The van der Waals surface area contributed by atoms with Crippen LogP contribution in [0.3, 0.4) is 0 Å². The number of rotatable bonds is 4. The molecule has 94 valence electrons. The zero-order chi connectivity index (χ0) is 12.1. The molecule has 0 aromatic heterocycles. The van der Waals surface area contributed by atoms with Crippen molar-refractivity contribution >= 4 is 11.8 Å². The van der Waals surface area contributed by atoms with Gasteiger partial charge in [-0.3, -0.25) is 4.90 Å². The van der Waals surface area contributed by atoms with E-state index in [4.69, 9.17) is 0 Å². The maximum atomic E-state index is 12.7. The molecule has 1 aliphatic heterocycles. The van der Waals surface area contributed by atoms with E-state index < -0.39 is 0 Å². The number of piperazine rings is 1. The van der Waals surface area contributed by atoms with Crippen molar-refractivity contribution in [2.75, 3.05) is 31.9 Å². The van der Waals surface area contributed by atoms with E-state index in [1.807, 2.05) is 12.1 Å². The van der Waals surface area contributed by atoms with E-state index in [-0.39, 0.29) is 5.82 Å². The third kappa shape index (κ3) is 4.30. The lowest BCUT2D eigenvalue weighted by atomic mass is 10.2. The van der Waals surface area contributed by atoms with Gasteiger partial charge in [0.25, 0.3) is 0 Å². The van der Waals surface area contributed by atoms with Gasteiger partial charge in [-0.05, 0) is 31.2 Å². The van der Waals surface area contributed by atoms with Gasteiger partial charge in [-0.2, -0.15) is 0 Å². The Morgan fingerprint density at radius 2 is 2.18 bits per heavy atom. The van der Waals surface area contributed by atoms with Crippen molar-refractivity contribution in [3.8, 4) is 0 Å². The van der Waals surface area contributed by atoms with Gasteiger partial charge in [0.1, 0.15) is 5.82 Å². The predicted octanol–water partition coefficient (Wildman–Crippen LogP) is 2.21. The Bertz CT molecular complexity index is 342. The Morgan fingerprint density at radius 3 is 2.88 bits per heavy atom. The monoisotopic (exact) mass is 254 g/mol. The second-order valence-electron chi connectivity index (χ2n) is 4.46. The molecule has 2 nitrogen and oxygen atoms in total. The molecule has 1 N–H and O–H groups in total. The molecule has 17 heavy (non-hydrogen) atoms. The standard InChI is InChI=1S/C13H19FN2S/c1-11-10-16(7-6-15-11)8-9-17-13-4-2-12(14)3-5-13/h2-5,11,15H,6-10H2,1H3/t11-/m1/s1. The van der Waals surface area contributed by atoms with Gasteiger partial charge in [-0.1, -0.05) is 0 Å². The first-order valence-electron chi connectivity index (χ1n) is 6.08. The molecular weight excluding hydrogens is 235 g/mol. The lowest BCUT2D eigenvalue weighted by molar-refractivity contribution is 0.218. The summed E-state index contributed by atoms with van der Waals surface area (Å²) < 4.78 is 12.7. The fourth-order valence-electron chi connectivity index (χ4n) is 2.04. The molecule has 1 aromatic carbocycles. The van der Waals surface area contributed by atoms with Crippen LogP contribution in [0.1, 0.15) is 6.92 Å². The average Bonchev–Trinajstić information content (AvgIpc) is 2.32. The zero-order valence-electron chi connectivity index (χ0n) is 10.2. The number of nitrogens with one attached hydrogen (secondary N) is 1. The molecule has 0 spiro atoms. The molecule has 0 radical (unpaired) electrons. The second kappa shape index (κ2) is 6.38. The summed E-state index contributed by atoms with van der Waals surface area (Å²) in [6, 6.07) is 7.34. The minimum Gasteiger partial charge on any atom is -0.312 e. The van der Waals surface area contributed by atoms with Crippen LogP contribution in [-0.4, -0.2) is 42.9 Å². The van der Waals surface area contributed by atoms with E-state index in [0.29, 0.717) is 6.04 Å². The number of nitrogens with zero attached hydrogens (tertiary/aromatic N) is 1. The van der Waals surface area contributed by atoms with E-state index in [0.717, 1.165) is 36.8 Å². The van der Waals surface area contributed by atoms with E-state index in [9.17, 15) is 4.39 Å². The smallest absolute Gasteiger partial charge is 0.123 e. The number of thioether (sulfide) groups is 1. The minimum atomic E-state index is -0.162. The second-order valence-corrected chi connectivity index (χ2v) is 5.63. The first-order valence-corrected chi connectivity index (χ1v) is 7.07.